The van der Waals surface area contributed by atoms with Crippen molar-refractivity contribution >= 4 is 29.0 Å². The van der Waals surface area contributed by atoms with Crippen molar-refractivity contribution in [3.63, 3.8) is 0 Å². The molecule has 1 fully saturated rings. The first-order valence-electron chi connectivity index (χ1n) is 10.0. The van der Waals surface area contributed by atoms with Crippen LogP contribution in [0.15, 0.2) is 12.7 Å². The van der Waals surface area contributed by atoms with Gasteiger partial charge in [0.05, 0.1) is 25.1 Å². The van der Waals surface area contributed by atoms with Crippen LogP contribution in [0.3, 0.4) is 0 Å². The molecular formula is C19H28N6O6. The van der Waals surface area contributed by atoms with Gasteiger partial charge in [-0.1, -0.05) is 0 Å². The van der Waals surface area contributed by atoms with Gasteiger partial charge in [0.2, 0.25) is 0 Å². The van der Waals surface area contributed by atoms with E-state index in [2.05, 4.69) is 20.3 Å². The number of hydrogen-bond acceptors (Lipinski definition) is 10. The number of alkyl carbamates (subject to hydrolysis) is 1. The number of rotatable bonds is 6. The number of carbonyl (C=O) groups excluding carboxylic acids is 2. The number of nitrogens with one attached hydrogen (secondary N) is 1. The maximum atomic E-state index is 12.3. The topological polar surface area (TPSA) is 164 Å². The van der Waals surface area contributed by atoms with E-state index < -0.39 is 42.1 Å². The van der Waals surface area contributed by atoms with E-state index in [-0.39, 0.29) is 25.3 Å². The average molecular weight is 436 g/mol. The second-order valence-electron chi connectivity index (χ2n) is 8.15. The summed E-state index contributed by atoms with van der Waals surface area (Å²) >= 11 is 0. The molecule has 0 unspecified atom stereocenters. The van der Waals surface area contributed by atoms with Crippen molar-refractivity contribution in [2.75, 3.05) is 12.3 Å². The number of ether oxygens (including phenoxy) is 3. The van der Waals surface area contributed by atoms with E-state index in [1.165, 1.54) is 17.2 Å². The summed E-state index contributed by atoms with van der Waals surface area (Å²) in [5, 5.41) is 13.7. The van der Waals surface area contributed by atoms with Gasteiger partial charge in [-0.3, -0.25) is 9.36 Å². The van der Waals surface area contributed by atoms with Crippen molar-refractivity contribution in [3.8, 4) is 0 Å². The van der Waals surface area contributed by atoms with E-state index in [0.29, 0.717) is 11.2 Å². The summed E-state index contributed by atoms with van der Waals surface area (Å²) in [5.41, 5.74) is 5.86. The van der Waals surface area contributed by atoms with Gasteiger partial charge in [0.1, 0.15) is 23.5 Å². The van der Waals surface area contributed by atoms with E-state index in [1.807, 2.05) is 0 Å². The van der Waals surface area contributed by atoms with Crippen LogP contribution in [-0.2, 0) is 19.0 Å². The highest BCUT2D eigenvalue weighted by Crippen LogP contribution is 2.34. The maximum absolute atomic E-state index is 12.3. The molecule has 170 valence electrons. The molecule has 1 aliphatic rings. The quantitative estimate of drug-likeness (QED) is 0.554. The summed E-state index contributed by atoms with van der Waals surface area (Å²) in [6.45, 7) is 7.18. The lowest BCUT2D eigenvalue weighted by Gasteiger charge is -2.25. The van der Waals surface area contributed by atoms with Crippen LogP contribution in [0.4, 0.5) is 10.6 Å². The smallest absolute Gasteiger partial charge is 0.408 e. The summed E-state index contributed by atoms with van der Waals surface area (Å²) in [4.78, 5) is 36.4. The number of carbonyl (C=O) groups is 2. The number of anilines is 1. The van der Waals surface area contributed by atoms with E-state index in [0.717, 1.165) is 0 Å². The van der Waals surface area contributed by atoms with Crippen LogP contribution in [-0.4, -0.2) is 67.1 Å². The van der Waals surface area contributed by atoms with Gasteiger partial charge >= 0.3 is 12.1 Å². The number of nitrogens with zero attached hydrogens (tertiary/aromatic N) is 4. The Hall–Kier alpha value is -2.99. The Labute approximate surface area is 179 Å². The first kappa shape index (κ1) is 22.7. The third-order valence-electron chi connectivity index (χ3n) is 4.66. The number of imidazole rings is 1. The molecule has 4 N–H and O–H groups in total. The molecule has 2 aromatic heterocycles. The monoisotopic (exact) mass is 436 g/mol. The fourth-order valence-corrected chi connectivity index (χ4v) is 3.39. The molecule has 31 heavy (non-hydrogen) atoms. The predicted molar refractivity (Wildman–Crippen MR) is 109 cm³/mol. The molecule has 12 heteroatoms. The number of nitrogens with two attached hydrogens (primary N) is 1. The first-order valence-corrected chi connectivity index (χ1v) is 10.0. The van der Waals surface area contributed by atoms with Gasteiger partial charge in [-0.2, -0.15) is 0 Å². The van der Waals surface area contributed by atoms with Crippen molar-refractivity contribution in [1.29, 1.82) is 0 Å². The van der Waals surface area contributed by atoms with Gasteiger partial charge in [-0.05, 0) is 34.1 Å². The van der Waals surface area contributed by atoms with Crippen LogP contribution in [0.2, 0.25) is 0 Å². The van der Waals surface area contributed by atoms with Crippen LogP contribution in [0.5, 0.6) is 0 Å². The molecule has 2 aromatic rings. The summed E-state index contributed by atoms with van der Waals surface area (Å²) in [5.74, 6) is -0.202. The SMILES string of the molecule is CCOC(=O)CC[C@H]1O[C@@H](n2cnc3c(N)ncnc32)[C@H](O)[C@@H]1NC(=O)OC(C)(C)C. The van der Waals surface area contributed by atoms with Crippen molar-refractivity contribution in [1.82, 2.24) is 24.8 Å². The number of aliphatic hydroxyl groups excluding tert-OH is 1. The second kappa shape index (κ2) is 9.02. The number of nitrogen functional groups attached to an aromatic ring is 1. The highest BCUT2D eigenvalue weighted by atomic mass is 16.6. The molecule has 0 spiro atoms. The van der Waals surface area contributed by atoms with Crippen LogP contribution in [0.25, 0.3) is 11.2 Å². The lowest BCUT2D eigenvalue weighted by Crippen LogP contribution is -2.48. The molecule has 1 saturated heterocycles. The minimum absolute atomic E-state index is 0.0598. The van der Waals surface area contributed by atoms with Gasteiger partial charge in [-0.25, -0.2) is 19.7 Å². The minimum Gasteiger partial charge on any atom is -0.466 e. The lowest BCUT2D eigenvalue weighted by molar-refractivity contribution is -0.144. The number of amides is 1. The van der Waals surface area contributed by atoms with Crippen molar-refractivity contribution < 1.29 is 28.9 Å². The van der Waals surface area contributed by atoms with E-state index in [4.69, 9.17) is 19.9 Å². The van der Waals surface area contributed by atoms with Gasteiger partial charge in [0, 0.05) is 6.42 Å². The lowest BCUT2D eigenvalue weighted by atomic mass is 10.0. The zero-order valence-electron chi connectivity index (χ0n) is 17.9. The fourth-order valence-electron chi connectivity index (χ4n) is 3.39. The molecule has 4 atom stereocenters. The number of hydrogen-bond donors (Lipinski definition) is 3. The van der Waals surface area contributed by atoms with Crippen LogP contribution in [0.1, 0.15) is 46.8 Å². The zero-order valence-corrected chi connectivity index (χ0v) is 17.9. The molecule has 3 heterocycles. The average Bonchev–Trinajstić information content (AvgIpc) is 3.22. The Bertz CT molecular complexity index is 942. The third-order valence-corrected chi connectivity index (χ3v) is 4.66. The Balaban J connectivity index is 1.84. The van der Waals surface area contributed by atoms with E-state index >= 15 is 0 Å². The molecule has 3 rings (SSSR count). The highest BCUT2D eigenvalue weighted by molar-refractivity contribution is 5.81. The summed E-state index contributed by atoms with van der Waals surface area (Å²) in [6, 6.07) is -0.842. The van der Waals surface area contributed by atoms with Gasteiger partial charge in [0.25, 0.3) is 0 Å². The molecule has 0 aliphatic carbocycles. The molecule has 0 bridgehead atoms. The zero-order chi connectivity index (χ0) is 22.8. The summed E-state index contributed by atoms with van der Waals surface area (Å²) in [7, 11) is 0. The number of aliphatic hydroxyl groups is 1. The number of fused-ring (bicyclic) bond motifs is 1. The van der Waals surface area contributed by atoms with Crippen LogP contribution >= 0.6 is 0 Å². The fraction of sp³-hybridized carbons (Fsp3) is 0.632. The third kappa shape index (κ3) is 5.20. The Morgan fingerprint density at radius 1 is 1.32 bits per heavy atom. The molecule has 0 saturated carbocycles. The normalized spacial score (nSPS) is 23.6. The minimum atomic E-state index is -1.17. The van der Waals surface area contributed by atoms with E-state index in [1.54, 1.807) is 27.7 Å². The number of esters is 1. The highest BCUT2D eigenvalue weighted by Gasteiger charge is 2.46. The molecule has 12 nitrogen and oxygen atoms in total. The molecule has 1 aliphatic heterocycles. The molecule has 0 radical (unpaired) electrons. The summed E-state index contributed by atoms with van der Waals surface area (Å²) < 4.78 is 17.8. The Morgan fingerprint density at radius 3 is 2.74 bits per heavy atom. The Kier molecular flexibility index (Phi) is 6.60. The van der Waals surface area contributed by atoms with Gasteiger partial charge in [0.15, 0.2) is 17.7 Å². The predicted octanol–water partition coefficient (Wildman–Crippen LogP) is 0.903. The summed E-state index contributed by atoms with van der Waals surface area (Å²) in [6.07, 6.45) is -0.494. The number of aromatic nitrogens is 4. The van der Waals surface area contributed by atoms with E-state index in [9.17, 15) is 14.7 Å². The standard InChI is InChI=1S/C19H28N6O6/c1-5-29-11(26)7-6-10-12(24-18(28)31-19(2,3)4)14(27)17(30-10)25-9-23-13-15(20)21-8-22-16(13)25/h8-10,12,14,17,27H,5-7H2,1-4H3,(H,24,28)(H2,20,21,22)/t10-,12-,14-,17-/m1/s1. The van der Waals surface area contributed by atoms with Crippen LogP contribution in [0, 0.1) is 0 Å². The molecular weight excluding hydrogens is 408 g/mol. The Morgan fingerprint density at radius 2 is 2.06 bits per heavy atom. The first-order chi connectivity index (χ1) is 14.6. The largest absolute Gasteiger partial charge is 0.466 e. The molecule has 0 aromatic carbocycles. The molecule has 1 amide bonds. The van der Waals surface area contributed by atoms with Gasteiger partial charge in [-0.15, -0.1) is 0 Å². The van der Waals surface area contributed by atoms with Crippen molar-refractivity contribution in [3.05, 3.63) is 12.7 Å². The van der Waals surface area contributed by atoms with Crippen LogP contribution < -0.4 is 11.1 Å². The van der Waals surface area contributed by atoms with Crippen molar-refractivity contribution in [2.45, 2.75) is 70.6 Å². The second-order valence-corrected chi connectivity index (χ2v) is 8.15. The van der Waals surface area contributed by atoms with Crippen molar-refractivity contribution in [2.24, 2.45) is 0 Å². The van der Waals surface area contributed by atoms with Gasteiger partial charge < -0.3 is 30.4 Å². The maximum Gasteiger partial charge on any atom is 0.408 e.